The second-order valence-corrected chi connectivity index (χ2v) is 7.33. The summed E-state index contributed by atoms with van der Waals surface area (Å²) in [4.78, 5) is 12.1. The van der Waals surface area contributed by atoms with E-state index in [4.69, 9.17) is 16.2 Å². The first-order valence-corrected chi connectivity index (χ1v) is 10.2. The number of carbonyl (C=O) groups is 1. The number of nitrogen functional groups attached to an aromatic ring is 1. The predicted molar refractivity (Wildman–Crippen MR) is 125 cm³/mol. The summed E-state index contributed by atoms with van der Waals surface area (Å²) in [6, 6.07) is 25.2. The van der Waals surface area contributed by atoms with Gasteiger partial charge >= 0.3 is 0 Å². The number of amides is 1. The molecule has 0 unspecified atom stereocenters. The van der Waals surface area contributed by atoms with Crippen molar-refractivity contribution in [2.45, 2.75) is 13.1 Å². The van der Waals surface area contributed by atoms with Crippen molar-refractivity contribution in [1.82, 2.24) is 15.1 Å². The predicted octanol–water partition coefficient (Wildman–Crippen LogP) is 3.52. The number of nitrogens with two attached hydrogens (primary N) is 2. The number of nitrogens with one attached hydrogen (secondary N) is 1. The van der Waals surface area contributed by atoms with E-state index in [9.17, 15) is 4.79 Å². The highest BCUT2D eigenvalue weighted by Gasteiger charge is 2.22. The minimum Gasteiger partial charge on any atom is -0.496 e. The molecular weight excluding hydrogens is 402 g/mol. The summed E-state index contributed by atoms with van der Waals surface area (Å²) in [6.45, 7) is 1.37. The SMILES string of the molecule is COc1ccccc1CNCc1ccc(-c2nn(-c3ccccc3)c(N)c2C(N)=O)cc1. The molecule has 0 saturated heterocycles. The largest absolute Gasteiger partial charge is 0.496 e. The first kappa shape index (κ1) is 21.1. The van der Waals surface area contributed by atoms with Crippen molar-refractivity contribution >= 4 is 11.7 Å². The van der Waals surface area contributed by atoms with Gasteiger partial charge in [-0.1, -0.05) is 60.7 Å². The van der Waals surface area contributed by atoms with Crippen LogP contribution in [0.2, 0.25) is 0 Å². The topological polar surface area (TPSA) is 108 Å². The molecule has 0 spiro atoms. The summed E-state index contributed by atoms with van der Waals surface area (Å²) < 4.78 is 6.93. The molecule has 5 N–H and O–H groups in total. The van der Waals surface area contributed by atoms with E-state index in [1.165, 1.54) is 4.68 Å². The van der Waals surface area contributed by atoms with Crippen LogP contribution in [0.1, 0.15) is 21.5 Å². The minimum atomic E-state index is -0.609. The van der Waals surface area contributed by atoms with E-state index < -0.39 is 5.91 Å². The molecule has 0 aliphatic carbocycles. The molecule has 7 heteroatoms. The highest BCUT2D eigenvalue weighted by atomic mass is 16.5. The van der Waals surface area contributed by atoms with Gasteiger partial charge in [0.1, 0.15) is 22.8 Å². The number of benzene rings is 3. The zero-order chi connectivity index (χ0) is 22.5. The molecule has 4 aromatic rings. The molecule has 32 heavy (non-hydrogen) atoms. The van der Waals surface area contributed by atoms with Crippen molar-refractivity contribution < 1.29 is 9.53 Å². The van der Waals surface area contributed by atoms with E-state index >= 15 is 0 Å². The van der Waals surface area contributed by atoms with Gasteiger partial charge in [-0.3, -0.25) is 4.79 Å². The number of carbonyl (C=O) groups excluding carboxylic acids is 1. The number of aromatic nitrogens is 2. The zero-order valence-corrected chi connectivity index (χ0v) is 17.8. The lowest BCUT2D eigenvalue weighted by atomic mass is 10.0. The third kappa shape index (κ3) is 4.33. The van der Waals surface area contributed by atoms with Crippen molar-refractivity contribution in [1.29, 1.82) is 0 Å². The van der Waals surface area contributed by atoms with Crippen molar-refractivity contribution in [3.63, 3.8) is 0 Å². The number of hydrogen-bond donors (Lipinski definition) is 3. The number of primary amides is 1. The van der Waals surface area contributed by atoms with Gasteiger partial charge in [-0.2, -0.15) is 5.10 Å². The molecular formula is C25H25N5O2. The lowest BCUT2D eigenvalue weighted by Crippen LogP contribution is -2.14. The molecule has 7 nitrogen and oxygen atoms in total. The van der Waals surface area contributed by atoms with Gasteiger partial charge < -0.3 is 21.5 Å². The summed E-state index contributed by atoms with van der Waals surface area (Å²) in [5.41, 5.74) is 16.3. The quantitative estimate of drug-likeness (QED) is 0.399. The van der Waals surface area contributed by atoms with Crippen LogP contribution in [0.15, 0.2) is 78.9 Å². The Balaban J connectivity index is 1.53. The summed E-state index contributed by atoms with van der Waals surface area (Å²) in [6.07, 6.45) is 0. The molecule has 1 amide bonds. The molecule has 1 heterocycles. The molecule has 0 atom stereocenters. The van der Waals surface area contributed by atoms with Crippen LogP contribution in [-0.4, -0.2) is 22.8 Å². The number of nitrogens with zero attached hydrogens (tertiary/aromatic N) is 2. The van der Waals surface area contributed by atoms with Crippen molar-refractivity contribution in [3.8, 4) is 22.7 Å². The maximum atomic E-state index is 12.1. The van der Waals surface area contributed by atoms with Crippen LogP contribution in [0.25, 0.3) is 16.9 Å². The molecule has 3 aromatic carbocycles. The smallest absolute Gasteiger partial charge is 0.254 e. The summed E-state index contributed by atoms with van der Waals surface area (Å²) in [5, 5.41) is 8.01. The Morgan fingerprint density at radius 1 is 0.969 bits per heavy atom. The molecule has 0 aliphatic rings. The van der Waals surface area contributed by atoms with E-state index in [1.54, 1.807) is 7.11 Å². The molecule has 0 bridgehead atoms. The van der Waals surface area contributed by atoms with E-state index in [0.717, 1.165) is 28.1 Å². The molecule has 162 valence electrons. The number of anilines is 1. The fourth-order valence-electron chi connectivity index (χ4n) is 3.61. The van der Waals surface area contributed by atoms with E-state index in [2.05, 4.69) is 10.4 Å². The number of hydrogen-bond acceptors (Lipinski definition) is 5. The van der Waals surface area contributed by atoms with Crippen molar-refractivity contribution in [3.05, 3.63) is 95.6 Å². The minimum absolute atomic E-state index is 0.218. The lowest BCUT2D eigenvalue weighted by Gasteiger charge is -2.10. The number of methoxy groups -OCH3 is 1. The Labute approximate surface area is 186 Å². The Morgan fingerprint density at radius 2 is 1.66 bits per heavy atom. The maximum Gasteiger partial charge on any atom is 0.254 e. The van der Waals surface area contributed by atoms with Gasteiger partial charge in [-0.15, -0.1) is 0 Å². The molecule has 0 aliphatic heterocycles. The van der Waals surface area contributed by atoms with Crippen molar-refractivity contribution in [2.24, 2.45) is 5.73 Å². The first-order valence-electron chi connectivity index (χ1n) is 10.2. The maximum absolute atomic E-state index is 12.1. The lowest BCUT2D eigenvalue weighted by molar-refractivity contribution is 0.100. The molecule has 0 radical (unpaired) electrons. The summed E-state index contributed by atoms with van der Waals surface area (Å²) >= 11 is 0. The third-order valence-corrected chi connectivity index (χ3v) is 5.23. The first-order chi connectivity index (χ1) is 15.6. The highest BCUT2D eigenvalue weighted by Crippen LogP contribution is 2.29. The molecule has 1 aromatic heterocycles. The summed E-state index contributed by atoms with van der Waals surface area (Å²) in [5.74, 6) is 0.476. The van der Waals surface area contributed by atoms with Gasteiger partial charge in [0.25, 0.3) is 5.91 Å². The normalized spacial score (nSPS) is 10.8. The van der Waals surface area contributed by atoms with Gasteiger partial charge in [-0.05, 0) is 23.8 Å². The number of para-hydroxylation sites is 2. The monoisotopic (exact) mass is 427 g/mol. The van der Waals surface area contributed by atoms with Crippen molar-refractivity contribution in [2.75, 3.05) is 12.8 Å². The van der Waals surface area contributed by atoms with E-state index in [-0.39, 0.29) is 11.4 Å². The average molecular weight is 428 g/mol. The zero-order valence-electron chi connectivity index (χ0n) is 17.8. The highest BCUT2D eigenvalue weighted by molar-refractivity contribution is 6.03. The molecule has 4 rings (SSSR count). The van der Waals surface area contributed by atoms with Gasteiger partial charge in [0.15, 0.2) is 0 Å². The standard InChI is InChI=1S/C25H25N5O2/c1-32-21-10-6-5-7-19(21)16-28-15-17-11-13-18(14-12-17)23-22(25(27)31)24(26)30(29-23)20-8-3-2-4-9-20/h2-14,28H,15-16,26H2,1H3,(H2,27,31). The fourth-order valence-corrected chi connectivity index (χ4v) is 3.61. The van der Waals surface area contributed by atoms with Crippen LogP contribution in [0.5, 0.6) is 5.75 Å². The number of ether oxygens (including phenoxy) is 1. The van der Waals surface area contributed by atoms with Crippen LogP contribution in [0, 0.1) is 0 Å². The average Bonchev–Trinajstić information content (AvgIpc) is 3.17. The van der Waals surface area contributed by atoms with Crippen LogP contribution < -0.4 is 21.5 Å². The van der Waals surface area contributed by atoms with Crippen LogP contribution in [0.3, 0.4) is 0 Å². The molecule has 0 saturated carbocycles. The van der Waals surface area contributed by atoms with Gasteiger partial charge in [-0.25, -0.2) is 4.68 Å². The number of rotatable bonds is 8. The fraction of sp³-hybridized carbons (Fsp3) is 0.120. The second kappa shape index (κ2) is 9.36. The third-order valence-electron chi connectivity index (χ3n) is 5.23. The molecule has 0 fully saturated rings. The van der Waals surface area contributed by atoms with Gasteiger partial charge in [0, 0.05) is 24.2 Å². The van der Waals surface area contributed by atoms with Crippen LogP contribution >= 0.6 is 0 Å². The van der Waals surface area contributed by atoms with Gasteiger partial charge in [0.05, 0.1) is 12.8 Å². The second-order valence-electron chi connectivity index (χ2n) is 7.33. The van der Waals surface area contributed by atoms with Gasteiger partial charge in [0.2, 0.25) is 0 Å². The van der Waals surface area contributed by atoms with E-state index in [0.29, 0.717) is 18.8 Å². The Kier molecular flexibility index (Phi) is 6.19. The van der Waals surface area contributed by atoms with E-state index in [1.807, 2.05) is 78.9 Å². The van der Waals surface area contributed by atoms with Crippen LogP contribution in [0.4, 0.5) is 5.82 Å². The Hall–Kier alpha value is -4.10. The Bertz CT molecular complexity index is 1220. The van der Waals surface area contributed by atoms with Crippen LogP contribution in [-0.2, 0) is 13.1 Å². The Morgan fingerprint density at radius 3 is 2.34 bits per heavy atom. The summed E-state index contributed by atoms with van der Waals surface area (Å²) in [7, 11) is 1.67.